The van der Waals surface area contributed by atoms with E-state index in [0.717, 1.165) is 31.2 Å². The van der Waals surface area contributed by atoms with Crippen LogP contribution in [0.25, 0.3) is 0 Å². The fourth-order valence-electron chi connectivity index (χ4n) is 3.02. The van der Waals surface area contributed by atoms with Crippen LogP contribution in [0.5, 0.6) is 0 Å². The molecule has 0 saturated heterocycles. The Kier molecular flexibility index (Phi) is 6.78. The average Bonchev–Trinajstić information content (AvgIpc) is 3.06. The lowest BCUT2D eigenvalue weighted by molar-refractivity contribution is -0.141. The number of benzene rings is 1. The molecule has 6 heteroatoms. The van der Waals surface area contributed by atoms with Crippen molar-refractivity contribution in [3.05, 3.63) is 35.9 Å². The molecule has 0 heterocycles. The van der Waals surface area contributed by atoms with Crippen molar-refractivity contribution in [3.8, 4) is 0 Å². The van der Waals surface area contributed by atoms with Gasteiger partial charge in [0.05, 0.1) is 6.54 Å². The molecular weight excluding hydrogens is 308 g/mol. The molecule has 2 rings (SSSR count). The summed E-state index contributed by atoms with van der Waals surface area (Å²) in [5, 5.41) is 14.3. The first kappa shape index (κ1) is 18.0. The van der Waals surface area contributed by atoms with Crippen molar-refractivity contribution in [2.45, 2.75) is 44.6 Å². The number of hydrogen-bond acceptors (Lipinski definition) is 3. The van der Waals surface area contributed by atoms with E-state index in [1.54, 1.807) is 0 Å². The van der Waals surface area contributed by atoms with Gasteiger partial charge in [-0.25, -0.2) is 4.79 Å². The van der Waals surface area contributed by atoms with Crippen molar-refractivity contribution in [2.24, 2.45) is 5.92 Å². The van der Waals surface area contributed by atoms with E-state index in [1.807, 2.05) is 30.3 Å². The van der Waals surface area contributed by atoms with Gasteiger partial charge in [-0.2, -0.15) is 0 Å². The van der Waals surface area contributed by atoms with Gasteiger partial charge in [0.1, 0.15) is 6.04 Å². The Morgan fingerprint density at radius 2 is 1.75 bits per heavy atom. The Morgan fingerprint density at radius 1 is 1.08 bits per heavy atom. The first-order chi connectivity index (χ1) is 11.5. The monoisotopic (exact) mass is 332 g/mol. The number of rotatable bonds is 8. The van der Waals surface area contributed by atoms with E-state index in [4.69, 9.17) is 0 Å². The van der Waals surface area contributed by atoms with Gasteiger partial charge in [0, 0.05) is 12.8 Å². The lowest BCUT2D eigenvalue weighted by Crippen LogP contribution is -2.46. The number of aliphatic carboxylic acids is 1. The van der Waals surface area contributed by atoms with Gasteiger partial charge in [0.2, 0.25) is 11.8 Å². The number of hydrogen-bond donors (Lipinski definition) is 3. The third kappa shape index (κ3) is 6.02. The highest BCUT2D eigenvalue weighted by Crippen LogP contribution is 2.27. The summed E-state index contributed by atoms with van der Waals surface area (Å²) in [6.45, 7) is -0.190. The van der Waals surface area contributed by atoms with Gasteiger partial charge in [0.15, 0.2) is 0 Å². The molecule has 130 valence electrons. The van der Waals surface area contributed by atoms with Crippen LogP contribution in [0.3, 0.4) is 0 Å². The number of carboxylic acid groups (broad SMARTS) is 1. The minimum absolute atomic E-state index is 0.146. The molecule has 1 atom stereocenters. The van der Waals surface area contributed by atoms with Crippen molar-refractivity contribution in [1.82, 2.24) is 10.6 Å². The maximum atomic E-state index is 11.9. The van der Waals surface area contributed by atoms with E-state index in [0.29, 0.717) is 12.3 Å². The Morgan fingerprint density at radius 3 is 2.38 bits per heavy atom. The second-order valence-electron chi connectivity index (χ2n) is 6.28. The lowest BCUT2D eigenvalue weighted by atomic mass is 10.0. The molecule has 0 aromatic heterocycles. The summed E-state index contributed by atoms with van der Waals surface area (Å²) in [7, 11) is 0. The number of carbonyl (C=O) groups excluding carboxylic acids is 2. The largest absolute Gasteiger partial charge is 0.480 e. The Hall–Kier alpha value is -2.37. The fourth-order valence-corrected chi connectivity index (χ4v) is 3.02. The zero-order valence-corrected chi connectivity index (χ0v) is 13.7. The van der Waals surface area contributed by atoms with Crippen LogP contribution in [0.1, 0.15) is 37.7 Å². The third-order valence-corrected chi connectivity index (χ3v) is 4.31. The minimum atomic E-state index is -1.09. The van der Waals surface area contributed by atoms with Crippen LogP contribution in [0.4, 0.5) is 0 Å². The molecule has 2 amide bonds. The zero-order valence-electron chi connectivity index (χ0n) is 13.7. The molecule has 0 unspecified atom stereocenters. The van der Waals surface area contributed by atoms with Gasteiger partial charge < -0.3 is 15.7 Å². The quantitative estimate of drug-likeness (QED) is 0.672. The number of nitrogens with one attached hydrogen (secondary N) is 2. The van der Waals surface area contributed by atoms with Crippen LogP contribution >= 0.6 is 0 Å². The van der Waals surface area contributed by atoms with E-state index >= 15 is 0 Å². The molecule has 3 N–H and O–H groups in total. The highest BCUT2D eigenvalue weighted by molar-refractivity contribution is 5.88. The maximum absolute atomic E-state index is 11.9. The summed E-state index contributed by atoms with van der Waals surface area (Å²) in [4.78, 5) is 35.0. The van der Waals surface area contributed by atoms with Crippen LogP contribution in [0, 0.1) is 5.92 Å². The van der Waals surface area contributed by atoms with Gasteiger partial charge in [0.25, 0.3) is 0 Å². The highest BCUT2D eigenvalue weighted by atomic mass is 16.4. The molecule has 1 aliphatic carbocycles. The van der Waals surface area contributed by atoms with Gasteiger partial charge in [-0.15, -0.1) is 0 Å². The Balaban J connectivity index is 1.75. The van der Waals surface area contributed by atoms with Crippen LogP contribution < -0.4 is 10.6 Å². The first-order valence-corrected chi connectivity index (χ1v) is 8.37. The van der Waals surface area contributed by atoms with Gasteiger partial charge in [-0.1, -0.05) is 43.2 Å². The molecule has 0 aliphatic heterocycles. The molecule has 0 spiro atoms. The van der Waals surface area contributed by atoms with E-state index in [-0.39, 0.29) is 18.9 Å². The third-order valence-electron chi connectivity index (χ3n) is 4.31. The number of carbonyl (C=O) groups is 3. The lowest BCUT2D eigenvalue weighted by Gasteiger charge is -2.15. The normalized spacial score (nSPS) is 15.7. The van der Waals surface area contributed by atoms with Gasteiger partial charge in [-0.05, 0) is 24.3 Å². The van der Waals surface area contributed by atoms with E-state index in [2.05, 4.69) is 10.6 Å². The van der Waals surface area contributed by atoms with E-state index in [1.165, 1.54) is 0 Å². The molecule has 1 fully saturated rings. The molecular formula is C18H24N2O4. The van der Waals surface area contributed by atoms with Crippen molar-refractivity contribution in [2.75, 3.05) is 6.54 Å². The topological polar surface area (TPSA) is 95.5 Å². The SMILES string of the molecule is O=C(CC1CCCC1)NCC(=O)N[C@H](Cc1ccccc1)C(=O)O. The van der Waals surface area contributed by atoms with Crippen molar-refractivity contribution in [1.29, 1.82) is 0 Å². The molecule has 0 radical (unpaired) electrons. The van der Waals surface area contributed by atoms with Crippen LogP contribution in [0.15, 0.2) is 30.3 Å². The molecule has 1 aliphatic rings. The predicted octanol–water partition coefficient (Wildman–Crippen LogP) is 1.49. The summed E-state index contributed by atoms with van der Waals surface area (Å²) in [5.74, 6) is -1.31. The Bertz CT molecular complexity index is 568. The smallest absolute Gasteiger partial charge is 0.326 e. The van der Waals surface area contributed by atoms with E-state index < -0.39 is 17.9 Å². The minimum Gasteiger partial charge on any atom is -0.480 e. The molecule has 1 aromatic rings. The van der Waals surface area contributed by atoms with Crippen LogP contribution in [-0.2, 0) is 20.8 Å². The van der Waals surface area contributed by atoms with E-state index in [9.17, 15) is 19.5 Å². The second-order valence-corrected chi connectivity index (χ2v) is 6.28. The predicted molar refractivity (Wildman–Crippen MR) is 89.3 cm³/mol. The summed E-state index contributed by atoms with van der Waals surface area (Å²) in [5.41, 5.74) is 0.829. The molecule has 24 heavy (non-hydrogen) atoms. The molecule has 0 bridgehead atoms. The summed E-state index contributed by atoms with van der Waals surface area (Å²) in [6.07, 6.45) is 5.11. The Labute approximate surface area is 141 Å². The van der Waals surface area contributed by atoms with Crippen LogP contribution in [0.2, 0.25) is 0 Å². The second kappa shape index (κ2) is 9.05. The van der Waals surface area contributed by atoms with Crippen molar-refractivity contribution >= 4 is 17.8 Å². The van der Waals surface area contributed by atoms with Gasteiger partial charge in [-0.3, -0.25) is 9.59 Å². The maximum Gasteiger partial charge on any atom is 0.326 e. The van der Waals surface area contributed by atoms with Crippen LogP contribution in [-0.4, -0.2) is 35.5 Å². The first-order valence-electron chi connectivity index (χ1n) is 8.37. The zero-order chi connectivity index (χ0) is 17.4. The average molecular weight is 332 g/mol. The summed E-state index contributed by atoms with van der Waals surface area (Å²) < 4.78 is 0. The van der Waals surface area contributed by atoms with Crippen molar-refractivity contribution < 1.29 is 19.5 Å². The fraction of sp³-hybridized carbons (Fsp3) is 0.500. The number of amides is 2. The molecule has 6 nitrogen and oxygen atoms in total. The molecule has 1 aromatic carbocycles. The van der Waals surface area contributed by atoms with Gasteiger partial charge >= 0.3 is 5.97 Å². The summed E-state index contributed by atoms with van der Waals surface area (Å²) >= 11 is 0. The highest BCUT2D eigenvalue weighted by Gasteiger charge is 2.21. The molecule has 1 saturated carbocycles. The summed E-state index contributed by atoms with van der Waals surface area (Å²) in [6, 6.07) is 8.10. The van der Waals surface area contributed by atoms with Crippen molar-refractivity contribution in [3.63, 3.8) is 0 Å². The standard InChI is InChI=1S/C18H24N2O4/c21-16(11-14-8-4-5-9-14)19-12-17(22)20-15(18(23)24)10-13-6-2-1-3-7-13/h1-3,6-7,14-15H,4-5,8-12H2,(H,19,21)(H,20,22)(H,23,24)/t15-/m1/s1. The number of carboxylic acids is 1.